The van der Waals surface area contributed by atoms with Crippen LogP contribution in [0.3, 0.4) is 0 Å². The number of hydrogen-bond acceptors (Lipinski definition) is 7. The lowest BCUT2D eigenvalue weighted by atomic mass is 9.95. The summed E-state index contributed by atoms with van der Waals surface area (Å²) in [7, 11) is 0. The molecule has 2 N–H and O–H groups in total. The molecule has 0 radical (unpaired) electrons. The normalized spacial score (nSPS) is 18.7. The molecule has 43 heavy (non-hydrogen) atoms. The molecule has 2 aliphatic heterocycles. The molecule has 1 aromatic heterocycles. The Hall–Kier alpha value is -4.38. The fourth-order valence-electron chi connectivity index (χ4n) is 5.17. The van der Waals surface area contributed by atoms with Crippen molar-refractivity contribution < 1.29 is 35.5 Å². The van der Waals surface area contributed by atoms with Crippen LogP contribution in [-0.2, 0) is 6.18 Å². The zero-order chi connectivity index (χ0) is 30.9. The number of alkyl halides is 5. The molecule has 2 aromatic carbocycles. The third-order valence-corrected chi connectivity index (χ3v) is 7.22. The maximum Gasteiger partial charge on any atom is 0.422 e. The van der Waals surface area contributed by atoms with Gasteiger partial charge in [0.25, 0.3) is 5.92 Å². The molecule has 3 aromatic rings. The second kappa shape index (κ2) is 11.7. The number of nitrogens with zero attached hydrogens (tertiary/aromatic N) is 5. The van der Waals surface area contributed by atoms with Crippen molar-refractivity contribution in [1.29, 1.82) is 5.26 Å². The van der Waals surface area contributed by atoms with E-state index in [-0.39, 0.29) is 36.9 Å². The third-order valence-electron chi connectivity index (χ3n) is 7.22. The minimum atomic E-state index is -5.02. The van der Waals surface area contributed by atoms with Crippen molar-refractivity contribution in [2.24, 2.45) is 11.7 Å². The van der Waals surface area contributed by atoms with E-state index in [0.717, 1.165) is 29.3 Å². The Morgan fingerprint density at radius 1 is 1.14 bits per heavy atom. The Bertz CT molecular complexity index is 1580. The van der Waals surface area contributed by atoms with E-state index in [1.165, 1.54) is 29.2 Å². The molecule has 2 saturated heterocycles. The molecule has 0 aliphatic carbocycles. The average Bonchev–Trinajstić information content (AvgIpc) is 2.96. The molecular formula is C29H25F7N6O. The van der Waals surface area contributed by atoms with Crippen LogP contribution in [0.1, 0.15) is 35.4 Å². The standard InChI is InChI=1S/C29H25F7N6O/c30-19-5-1-2-6-22(19)43-23-8-7-18(27(25(23)29(34,35)36)41-9-3-4-17(11-37)14-41)10-20(31)26-21(12-38)39-13-24(40-26)42-15-28(32,33)16-42/h1-2,5-8,10,13,17H,3-4,9,11,14-16,37H2/b20-10-. The summed E-state index contributed by atoms with van der Waals surface area (Å²) < 4.78 is 107. The van der Waals surface area contributed by atoms with Crippen LogP contribution in [0.15, 0.2) is 42.6 Å². The predicted molar refractivity (Wildman–Crippen MR) is 145 cm³/mol. The van der Waals surface area contributed by atoms with Gasteiger partial charge >= 0.3 is 6.18 Å². The van der Waals surface area contributed by atoms with Crippen LogP contribution in [-0.4, -0.2) is 48.6 Å². The lowest BCUT2D eigenvalue weighted by Gasteiger charge is -2.39. The summed E-state index contributed by atoms with van der Waals surface area (Å²) in [6.07, 6.45) is -2.00. The van der Waals surface area contributed by atoms with Gasteiger partial charge in [-0.25, -0.2) is 27.5 Å². The molecule has 3 heterocycles. The Labute approximate surface area is 242 Å². The molecule has 0 amide bonds. The van der Waals surface area contributed by atoms with Crippen molar-refractivity contribution in [3.05, 3.63) is 70.9 Å². The Morgan fingerprint density at radius 2 is 1.88 bits per heavy atom. The largest absolute Gasteiger partial charge is 0.454 e. The Balaban J connectivity index is 1.65. The van der Waals surface area contributed by atoms with Crippen LogP contribution in [0, 0.1) is 23.1 Å². The SMILES string of the molecule is N#Cc1ncc(N2CC(F)(F)C2)nc1/C(F)=C/c1ccc(Oc2ccccc2F)c(C(F)(F)F)c1N1CCCC(CN)C1. The van der Waals surface area contributed by atoms with Gasteiger partial charge in [-0.2, -0.15) is 18.4 Å². The Kier molecular flexibility index (Phi) is 8.20. The van der Waals surface area contributed by atoms with Crippen molar-refractivity contribution in [3.8, 4) is 17.6 Å². The molecule has 5 rings (SSSR count). The molecule has 0 saturated carbocycles. The number of benzene rings is 2. The molecule has 14 heteroatoms. The van der Waals surface area contributed by atoms with Crippen LogP contribution >= 0.6 is 0 Å². The lowest BCUT2D eigenvalue weighted by Crippen LogP contribution is -2.56. The van der Waals surface area contributed by atoms with E-state index in [1.807, 2.05) is 0 Å². The maximum atomic E-state index is 15.8. The van der Waals surface area contributed by atoms with Gasteiger partial charge in [-0.1, -0.05) is 12.1 Å². The first-order valence-corrected chi connectivity index (χ1v) is 13.3. The third kappa shape index (κ3) is 6.36. The molecule has 2 fully saturated rings. The van der Waals surface area contributed by atoms with E-state index in [0.29, 0.717) is 12.8 Å². The van der Waals surface area contributed by atoms with Crippen LogP contribution in [0.2, 0.25) is 0 Å². The van der Waals surface area contributed by atoms with Gasteiger partial charge in [-0.3, -0.25) is 0 Å². The number of anilines is 2. The summed E-state index contributed by atoms with van der Waals surface area (Å²) in [5.74, 6) is -6.44. The second-order valence-corrected chi connectivity index (χ2v) is 10.3. The number of ether oxygens (including phenoxy) is 1. The maximum absolute atomic E-state index is 15.8. The number of aromatic nitrogens is 2. The summed E-state index contributed by atoms with van der Waals surface area (Å²) >= 11 is 0. The van der Waals surface area contributed by atoms with Gasteiger partial charge < -0.3 is 20.3 Å². The van der Waals surface area contributed by atoms with E-state index in [9.17, 15) is 31.6 Å². The van der Waals surface area contributed by atoms with Gasteiger partial charge in [-0.15, -0.1) is 0 Å². The number of rotatable bonds is 7. The van der Waals surface area contributed by atoms with Gasteiger partial charge in [0.15, 0.2) is 23.1 Å². The summed E-state index contributed by atoms with van der Waals surface area (Å²) in [6, 6.07) is 8.79. The summed E-state index contributed by atoms with van der Waals surface area (Å²) in [4.78, 5) is 10.4. The van der Waals surface area contributed by atoms with E-state index >= 15 is 4.39 Å². The van der Waals surface area contributed by atoms with E-state index in [1.54, 1.807) is 6.07 Å². The highest BCUT2D eigenvalue weighted by molar-refractivity contribution is 5.85. The number of halogens is 7. The van der Waals surface area contributed by atoms with Crippen molar-refractivity contribution in [3.63, 3.8) is 0 Å². The average molecular weight is 607 g/mol. The van der Waals surface area contributed by atoms with Crippen LogP contribution in [0.25, 0.3) is 11.9 Å². The topological polar surface area (TPSA) is 91.3 Å². The molecule has 2 aliphatic rings. The van der Waals surface area contributed by atoms with E-state index < -0.39 is 71.0 Å². The van der Waals surface area contributed by atoms with Crippen LogP contribution in [0.4, 0.5) is 42.2 Å². The minimum Gasteiger partial charge on any atom is -0.454 e. The van der Waals surface area contributed by atoms with Gasteiger partial charge in [0, 0.05) is 18.7 Å². The zero-order valence-corrected chi connectivity index (χ0v) is 22.5. The first-order chi connectivity index (χ1) is 20.4. The first kappa shape index (κ1) is 30.1. The highest BCUT2D eigenvalue weighted by atomic mass is 19.4. The number of nitriles is 1. The van der Waals surface area contributed by atoms with Crippen LogP contribution in [0.5, 0.6) is 11.5 Å². The Morgan fingerprint density at radius 3 is 2.53 bits per heavy atom. The fourth-order valence-corrected chi connectivity index (χ4v) is 5.17. The quantitative estimate of drug-likeness (QED) is 0.312. The predicted octanol–water partition coefficient (Wildman–Crippen LogP) is 6.40. The molecule has 1 atom stereocenters. The molecule has 226 valence electrons. The van der Waals surface area contributed by atoms with Crippen LogP contribution < -0.4 is 20.3 Å². The number of nitrogens with two attached hydrogens (primary N) is 1. The van der Waals surface area contributed by atoms with E-state index in [2.05, 4.69) is 9.97 Å². The monoisotopic (exact) mass is 606 g/mol. The fraction of sp³-hybridized carbons (Fsp3) is 0.345. The second-order valence-electron chi connectivity index (χ2n) is 10.3. The zero-order valence-electron chi connectivity index (χ0n) is 22.5. The molecule has 0 bridgehead atoms. The summed E-state index contributed by atoms with van der Waals surface area (Å²) in [5, 5.41) is 9.49. The summed E-state index contributed by atoms with van der Waals surface area (Å²) in [5.41, 5.74) is 2.84. The van der Waals surface area contributed by atoms with Gasteiger partial charge in [-0.05, 0) is 55.6 Å². The van der Waals surface area contributed by atoms with Gasteiger partial charge in [0.05, 0.1) is 25.0 Å². The van der Waals surface area contributed by atoms with Gasteiger partial charge in [0.1, 0.15) is 28.9 Å². The highest BCUT2D eigenvalue weighted by Gasteiger charge is 2.45. The first-order valence-electron chi connectivity index (χ1n) is 13.3. The minimum absolute atomic E-state index is 0.116. The molecule has 0 spiro atoms. The number of hydrogen-bond donors (Lipinski definition) is 1. The lowest BCUT2D eigenvalue weighted by molar-refractivity contribution is -0.138. The molecule has 1 unspecified atom stereocenters. The van der Waals surface area contributed by atoms with Crippen molar-refractivity contribution in [2.45, 2.75) is 24.9 Å². The molecule has 7 nitrogen and oxygen atoms in total. The van der Waals surface area contributed by atoms with E-state index in [4.69, 9.17) is 10.5 Å². The summed E-state index contributed by atoms with van der Waals surface area (Å²) in [6.45, 7) is -0.831. The van der Waals surface area contributed by atoms with Crippen molar-refractivity contribution in [1.82, 2.24) is 9.97 Å². The number of piperidine rings is 1. The van der Waals surface area contributed by atoms with Crippen molar-refractivity contribution in [2.75, 3.05) is 42.5 Å². The smallest absolute Gasteiger partial charge is 0.422 e. The highest BCUT2D eigenvalue weighted by Crippen LogP contribution is 2.48. The van der Waals surface area contributed by atoms with Crippen molar-refractivity contribution >= 4 is 23.4 Å². The van der Waals surface area contributed by atoms with Gasteiger partial charge in [0.2, 0.25) is 0 Å². The number of para-hydroxylation sites is 1. The molecular weight excluding hydrogens is 581 g/mol.